The molecule has 0 spiro atoms. The molecule has 1 N–H and O–H groups in total. The fourth-order valence-electron chi connectivity index (χ4n) is 2.19. The van der Waals surface area contributed by atoms with E-state index in [1.807, 2.05) is 0 Å². The Hall–Kier alpha value is -1.09. The Morgan fingerprint density at radius 2 is 1.75 bits per heavy atom. The summed E-state index contributed by atoms with van der Waals surface area (Å²) in [7, 11) is 0. The van der Waals surface area contributed by atoms with Gasteiger partial charge in [-0.2, -0.15) is 0 Å². The van der Waals surface area contributed by atoms with Crippen molar-refractivity contribution in [3.05, 3.63) is 29.6 Å². The van der Waals surface area contributed by atoms with Crippen molar-refractivity contribution in [2.45, 2.75) is 64.9 Å². The number of ether oxygens (including phenoxy) is 1. The van der Waals surface area contributed by atoms with Gasteiger partial charge in [-0.1, -0.05) is 45.4 Å². The van der Waals surface area contributed by atoms with E-state index in [0.717, 1.165) is 12.8 Å². The number of aliphatic hydroxyl groups excluding tert-OH is 1. The summed E-state index contributed by atoms with van der Waals surface area (Å²) >= 11 is 0. The van der Waals surface area contributed by atoms with Gasteiger partial charge < -0.3 is 9.84 Å². The van der Waals surface area contributed by atoms with Gasteiger partial charge in [0.05, 0.1) is 12.7 Å². The van der Waals surface area contributed by atoms with Gasteiger partial charge in [0.25, 0.3) is 0 Å². The summed E-state index contributed by atoms with van der Waals surface area (Å²) in [5, 5.41) is 9.35. The quantitative estimate of drug-likeness (QED) is 0.611. The Balaban J connectivity index is 2.18. The first-order valence-electron chi connectivity index (χ1n) is 7.75. The number of rotatable bonds is 10. The number of hydrogen-bond donors (Lipinski definition) is 1. The van der Waals surface area contributed by atoms with Gasteiger partial charge in [0.1, 0.15) is 11.6 Å². The van der Waals surface area contributed by atoms with E-state index in [1.54, 1.807) is 19.1 Å². The van der Waals surface area contributed by atoms with Crippen LogP contribution < -0.4 is 4.74 Å². The maximum atomic E-state index is 13.6. The third-order valence-electron chi connectivity index (χ3n) is 3.44. The first-order valence-corrected chi connectivity index (χ1v) is 7.75. The fraction of sp³-hybridized carbons (Fsp3) is 0.647. The van der Waals surface area contributed by atoms with Crippen LogP contribution in [0.15, 0.2) is 18.2 Å². The van der Waals surface area contributed by atoms with Crippen LogP contribution in [0.1, 0.15) is 70.5 Å². The molecule has 1 rings (SSSR count). The number of benzene rings is 1. The smallest absolute Gasteiger partial charge is 0.132 e. The first-order chi connectivity index (χ1) is 9.65. The highest BCUT2D eigenvalue weighted by Crippen LogP contribution is 2.21. The fourth-order valence-corrected chi connectivity index (χ4v) is 2.19. The zero-order chi connectivity index (χ0) is 14.8. The molecule has 0 aliphatic rings. The Morgan fingerprint density at radius 1 is 1.10 bits per heavy atom. The van der Waals surface area contributed by atoms with Gasteiger partial charge in [-0.05, 0) is 25.5 Å². The van der Waals surface area contributed by atoms with Crippen molar-refractivity contribution in [1.29, 1.82) is 0 Å². The van der Waals surface area contributed by atoms with Crippen molar-refractivity contribution in [3.8, 4) is 5.75 Å². The predicted octanol–water partition coefficient (Wildman–Crippen LogP) is 5.01. The highest BCUT2D eigenvalue weighted by atomic mass is 19.1. The highest BCUT2D eigenvalue weighted by molar-refractivity contribution is 5.29. The van der Waals surface area contributed by atoms with Crippen molar-refractivity contribution in [1.82, 2.24) is 0 Å². The van der Waals surface area contributed by atoms with E-state index in [1.165, 1.54) is 38.2 Å². The molecular weight excluding hydrogens is 255 g/mol. The lowest BCUT2D eigenvalue weighted by Gasteiger charge is -2.10. The third-order valence-corrected chi connectivity index (χ3v) is 3.44. The van der Waals surface area contributed by atoms with Crippen LogP contribution in [-0.2, 0) is 0 Å². The summed E-state index contributed by atoms with van der Waals surface area (Å²) in [5.74, 6) is 0.134. The van der Waals surface area contributed by atoms with E-state index >= 15 is 0 Å². The van der Waals surface area contributed by atoms with E-state index in [0.29, 0.717) is 17.9 Å². The topological polar surface area (TPSA) is 29.5 Å². The van der Waals surface area contributed by atoms with Crippen LogP contribution in [0.5, 0.6) is 5.75 Å². The molecule has 1 aromatic carbocycles. The Morgan fingerprint density at radius 3 is 2.35 bits per heavy atom. The molecule has 0 radical (unpaired) electrons. The van der Waals surface area contributed by atoms with Gasteiger partial charge in [0, 0.05) is 11.6 Å². The molecule has 0 saturated heterocycles. The van der Waals surface area contributed by atoms with Crippen LogP contribution in [0.3, 0.4) is 0 Å². The van der Waals surface area contributed by atoms with Crippen LogP contribution >= 0.6 is 0 Å². The molecule has 0 aliphatic heterocycles. The van der Waals surface area contributed by atoms with Crippen molar-refractivity contribution >= 4 is 0 Å². The van der Waals surface area contributed by atoms with Crippen LogP contribution in [0, 0.1) is 5.82 Å². The van der Waals surface area contributed by atoms with E-state index in [9.17, 15) is 9.50 Å². The average molecular weight is 282 g/mol. The van der Waals surface area contributed by atoms with Gasteiger partial charge in [-0.3, -0.25) is 0 Å². The molecule has 0 fully saturated rings. The summed E-state index contributed by atoms with van der Waals surface area (Å²) in [6, 6.07) is 4.65. The van der Waals surface area contributed by atoms with Gasteiger partial charge in [-0.25, -0.2) is 4.39 Å². The lowest BCUT2D eigenvalue weighted by Crippen LogP contribution is -2.00. The second-order valence-corrected chi connectivity index (χ2v) is 5.33. The molecule has 114 valence electrons. The van der Waals surface area contributed by atoms with Crippen molar-refractivity contribution in [3.63, 3.8) is 0 Å². The molecule has 0 aliphatic carbocycles. The SMILES string of the molecule is CCCCCCCCCOc1ccc([C@@H](C)O)c(F)c1. The van der Waals surface area contributed by atoms with Gasteiger partial charge in [0.15, 0.2) is 0 Å². The Labute approximate surface area is 122 Å². The minimum absolute atomic E-state index is 0.313. The molecular formula is C17H27FO2. The largest absolute Gasteiger partial charge is 0.493 e. The first kappa shape index (κ1) is 17.0. The van der Waals surface area contributed by atoms with Gasteiger partial charge in [-0.15, -0.1) is 0 Å². The zero-order valence-electron chi connectivity index (χ0n) is 12.7. The number of unbranched alkanes of at least 4 members (excludes halogenated alkanes) is 6. The second kappa shape index (κ2) is 9.76. The summed E-state index contributed by atoms with van der Waals surface area (Å²) in [6.07, 6.45) is 7.85. The van der Waals surface area contributed by atoms with E-state index in [4.69, 9.17) is 4.74 Å². The summed E-state index contributed by atoms with van der Waals surface area (Å²) in [6.45, 7) is 4.40. The number of hydrogen-bond acceptors (Lipinski definition) is 2. The van der Waals surface area contributed by atoms with Crippen molar-refractivity contribution in [2.24, 2.45) is 0 Å². The van der Waals surface area contributed by atoms with Crippen LogP contribution in [-0.4, -0.2) is 11.7 Å². The van der Waals surface area contributed by atoms with Crippen LogP contribution in [0.2, 0.25) is 0 Å². The van der Waals surface area contributed by atoms with Gasteiger partial charge in [0.2, 0.25) is 0 Å². The molecule has 1 atom stereocenters. The summed E-state index contributed by atoms with van der Waals surface area (Å²) in [4.78, 5) is 0. The standard InChI is InChI=1S/C17H27FO2/c1-3-4-5-6-7-8-9-12-20-15-10-11-16(14(2)19)17(18)13-15/h10-11,13-14,19H,3-9,12H2,1-2H3/t14-/m1/s1. The molecule has 0 bridgehead atoms. The molecule has 0 aromatic heterocycles. The molecule has 2 nitrogen and oxygen atoms in total. The highest BCUT2D eigenvalue weighted by Gasteiger charge is 2.08. The summed E-state index contributed by atoms with van der Waals surface area (Å²) in [5.41, 5.74) is 0.313. The van der Waals surface area contributed by atoms with E-state index < -0.39 is 11.9 Å². The normalized spacial score (nSPS) is 12.4. The third kappa shape index (κ3) is 6.38. The summed E-state index contributed by atoms with van der Waals surface area (Å²) < 4.78 is 19.1. The molecule has 3 heteroatoms. The minimum atomic E-state index is -0.785. The maximum Gasteiger partial charge on any atom is 0.132 e. The zero-order valence-corrected chi connectivity index (χ0v) is 12.7. The van der Waals surface area contributed by atoms with Crippen LogP contribution in [0.25, 0.3) is 0 Å². The number of aliphatic hydroxyl groups is 1. The lowest BCUT2D eigenvalue weighted by molar-refractivity contribution is 0.194. The van der Waals surface area contributed by atoms with Crippen LogP contribution in [0.4, 0.5) is 4.39 Å². The minimum Gasteiger partial charge on any atom is -0.493 e. The molecule has 1 aromatic rings. The van der Waals surface area contributed by atoms with E-state index in [2.05, 4.69) is 6.92 Å². The van der Waals surface area contributed by atoms with Crippen molar-refractivity contribution < 1.29 is 14.2 Å². The molecule has 20 heavy (non-hydrogen) atoms. The predicted molar refractivity (Wildman–Crippen MR) is 80.5 cm³/mol. The molecule has 0 heterocycles. The molecule has 0 saturated carbocycles. The Kier molecular flexibility index (Phi) is 8.28. The monoisotopic (exact) mass is 282 g/mol. The van der Waals surface area contributed by atoms with Gasteiger partial charge >= 0.3 is 0 Å². The lowest BCUT2D eigenvalue weighted by atomic mass is 10.1. The second-order valence-electron chi connectivity index (χ2n) is 5.33. The maximum absolute atomic E-state index is 13.6. The Bertz CT molecular complexity index is 377. The van der Waals surface area contributed by atoms with Crippen molar-refractivity contribution in [2.75, 3.05) is 6.61 Å². The van der Waals surface area contributed by atoms with E-state index in [-0.39, 0.29) is 0 Å². The number of halogens is 1. The average Bonchev–Trinajstić information content (AvgIpc) is 2.41. The molecule has 0 unspecified atom stereocenters. The molecule has 0 amide bonds.